The van der Waals surface area contributed by atoms with Gasteiger partial charge in [-0.05, 0) is 36.4 Å². The summed E-state index contributed by atoms with van der Waals surface area (Å²) in [4.78, 5) is 6.73. The molecule has 2 aromatic carbocycles. The molecule has 0 radical (unpaired) electrons. The first kappa shape index (κ1) is 15.7. The highest BCUT2D eigenvalue weighted by Crippen LogP contribution is 2.22. The molecule has 120 valence electrons. The van der Waals surface area contributed by atoms with Crippen molar-refractivity contribution in [1.82, 2.24) is 15.0 Å². The van der Waals surface area contributed by atoms with Gasteiger partial charge in [0.05, 0.1) is 6.04 Å². The van der Waals surface area contributed by atoms with Crippen molar-refractivity contribution in [2.75, 3.05) is 7.05 Å². The van der Waals surface area contributed by atoms with Crippen LogP contribution in [-0.2, 0) is 6.54 Å². The van der Waals surface area contributed by atoms with Gasteiger partial charge < -0.3 is 4.52 Å². The lowest BCUT2D eigenvalue weighted by atomic mass is 10.1. The van der Waals surface area contributed by atoms with Crippen LogP contribution < -0.4 is 0 Å². The number of hydrogen-bond acceptors (Lipinski definition) is 4. The zero-order valence-electron chi connectivity index (χ0n) is 14.2. The minimum atomic E-state index is 0.0847. The summed E-state index contributed by atoms with van der Waals surface area (Å²) in [5.41, 5.74) is 1.28. The normalized spacial score (nSPS) is 13.1. The zero-order valence-corrected chi connectivity index (χ0v) is 14.2. The number of rotatable bonds is 5. The Bertz CT molecular complexity index is 794. The van der Waals surface area contributed by atoms with Gasteiger partial charge in [-0.2, -0.15) is 4.98 Å². The molecule has 0 fully saturated rings. The van der Waals surface area contributed by atoms with Gasteiger partial charge in [-0.15, -0.1) is 0 Å². The van der Waals surface area contributed by atoms with Crippen molar-refractivity contribution in [2.45, 2.75) is 39.3 Å². The summed E-state index contributed by atoms with van der Waals surface area (Å²) in [6, 6.07) is 15.1. The van der Waals surface area contributed by atoms with Crippen LogP contribution in [0.4, 0.5) is 0 Å². The van der Waals surface area contributed by atoms with Crippen LogP contribution in [0.3, 0.4) is 0 Å². The van der Waals surface area contributed by atoms with Gasteiger partial charge in [0, 0.05) is 12.5 Å². The molecule has 3 rings (SSSR count). The van der Waals surface area contributed by atoms with Crippen molar-refractivity contribution < 1.29 is 4.52 Å². The molecule has 0 bridgehead atoms. The van der Waals surface area contributed by atoms with Gasteiger partial charge in [-0.25, -0.2) is 0 Å². The first-order valence-electron chi connectivity index (χ1n) is 8.06. The number of fused-ring (bicyclic) bond motifs is 1. The molecular formula is C19H23N3O. The van der Waals surface area contributed by atoms with Crippen molar-refractivity contribution in [3.8, 4) is 0 Å². The van der Waals surface area contributed by atoms with Crippen molar-refractivity contribution in [1.29, 1.82) is 0 Å². The van der Waals surface area contributed by atoms with Crippen LogP contribution in [0.15, 0.2) is 47.0 Å². The van der Waals surface area contributed by atoms with Gasteiger partial charge in [0.15, 0.2) is 5.82 Å². The Morgan fingerprint density at radius 1 is 1.04 bits per heavy atom. The standard InChI is InChI=1S/C19H23N3O/c1-13(2)18-20-19(23-21-18)14(3)22(4)12-15-9-10-16-7-5-6-8-17(16)11-15/h5-11,13-14H,12H2,1-4H3/t14-/m1/s1. The molecule has 3 aromatic rings. The lowest BCUT2D eigenvalue weighted by Crippen LogP contribution is -2.22. The van der Waals surface area contributed by atoms with E-state index in [1.165, 1.54) is 16.3 Å². The van der Waals surface area contributed by atoms with Gasteiger partial charge >= 0.3 is 0 Å². The van der Waals surface area contributed by atoms with E-state index in [0.29, 0.717) is 5.89 Å². The summed E-state index contributed by atoms with van der Waals surface area (Å²) in [5, 5.41) is 6.59. The highest BCUT2D eigenvalue weighted by molar-refractivity contribution is 5.82. The van der Waals surface area contributed by atoms with Crippen molar-refractivity contribution in [3.05, 3.63) is 59.7 Å². The van der Waals surface area contributed by atoms with E-state index >= 15 is 0 Å². The fraction of sp³-hybridized carbons (Fsp3) is 0.368. The average molecular weight is 309 g/mol. The van der Waals surface area contributed by atoms with Crippen molar-refractivity contribution in [3.63, 3.8) is 0 Å². The highest BCUT2D eigenvalue weighted by atomic mass is 16.5. The van der Waals surface area contributed by atoms with E-state index in [1.807, 2.05) is 0 Å². The number of benzene rings is 2. The molecule has 4 nitrogen and oxygen atoms in total. The quantitative estimate of drug-likeness (QED) is 0.694. The summed E-state index contributed by atoms with van der Waals surface area (Å²) in [6.07, 6.45) is 0. The van der Waals surface area contributed by atoms with Crippen LogP contribution in [0, 0.1) is 0 Å². The third-order valence-electron chi connectivity index (χ3n) is 4.24. The smallest absolute Gasteiger partial charge is 0.243 e. The highest BCUT2D eigenvalue weighted by Gasteiger charge is 2.19. The average Bonchev–Trinajstić information content (AvgIpc) is 3.04. The molecule has 4 heteroatoms. The summed E-state index contributed by atoms with van der Waals surface area (Å²) in [7, 11) is 2.08. The Labute approximate surface area is 137 Å². The summed E-state index contributed by atoms with van der Waals surface area (Å²) in [5.74, 6) is 1.73. The first-order valence-corrected chi connectivity index (χ1v) is 8.06. The van der Waals surface area contributed by atoms with E-state index in [9.17, 15) is 0 Å². The second-order valence-corrected chi connectivity index (χ2v) is 6.42. The fourth-order valence-corrected chi connectivity index (χ4v) is 2.60. The molecule has 1 aromatic heterocycles. The van der Waals surface area contributed by atoms with Crippen LogP contribution in [0.5, 0.6) is 0 Å². The van der Waals surface area contributed by atoms with Crippen LogP contribution >= 0.6 is 0 Å². The lowest BCUT2D eigenvalue weighted by molar-refractivity contribution is 0.202. The van der Waals surface area contributed by atoms with Crippen LogP contribution in [0.25, 0.3) is 10.8 Å². The molecule has 0 unspecified atom stereocenters. The third kappa shape index (κ3) is 3.42. The second-order valence-electron chi connectivity index (χ2n) is 6.42. The third-order valence-corrected chi connectivity index (χ3v) is 4.24. The molecular weight excluding hydrogens is 286 g/mol. The summed E-state index contributed by atoms with van der Waals surface area (Å²) >= 11 is 0. The fourth-order valence-electron chi connectivity index (χ4n) is 2.60. The molecule has 0 saturated heterocycles. The van der Waals surface area contributed by atoms with Gasteiger partial charge in [0.2, 0.25) is 5.89 Å². The predicted molar refractivity (Wildman–Crippen MR) is 92.2 cm³/mol. The Morgan fingerprint density at radius 2 is 1.78 bits per heavy atom. The van der Waals surface area contributed by atoms with Crippen molar-refractivity contribution in [2.24, 2.45) is 0 Å². The molecule has 0 saturated carbocycles. The maximum absolute atomic E-state index is 5.41. The van der Waals surface area contributed by atoms with E-state index in [0.717, 1.165) is 12.4 Å². The van der Waals surface area contributed by atoms with E-state index in [-0.39, 0.29) is 12.0 Å². The molecule has 1 atom stereocenters. The first-order chi connectivity index (χ1) is 11.0. The Balaban J connectivity index is 1.74. The van der Waals surface area contributed by atoms with Crippen LogP contribution in [-0.4, -0.2) is 22.1 Å². The molecule has 0 N–H and O–H groups in total. The molecule has 0 aliphatic carbocycles. The van der Waals surface area contributed by atoms with E-state index in [1.54, 1.807) is 0 Å². The summed E-state index contributed by atoms with van der Waals surface area (Å²) < 4.78 is 5.41. The number of nitrogens with zero attached hydrogens (tertiary/aromatic N) is 3. The Hall–Kier alpha value is -2.20. The topological polar surface area (TPSA) is 42.2 Å². The molecule has 0 aliphatic heterocycles. The van der Waals surface area contributed by atoms with Crippen molar-refractivity contribution >= 4 is 10.8 Å². The lowest BCUT2D eigenvalue weighted by Gasteiger charge is -2.21. The zero-order chi connectivity index (χ0) is 16.4. The number of aromatic nitrogens is 2. The van der Waals surface area contributed by atoms with Crippen LogP contribution in [0.1, 0.15) is 50.0 Å². The van der Waals surface area contributed by atoms with Gasteiger partial charge in [-0.3, -0.25) is 4.90 Å². The largest absolute Gasteiger partial charge is 0.338 e. The van der Waals surface area contributed by atoms with Crippen LogP contribution in [0.2, 0.25) is 0 Å². The number of hydrogen-bond donors (Lipinski definition) is 0. The second kappa shape index (κ2) is 6.50. The molecule has 23 heavy (non-hydrogen) atoms. The maximum atomic E-state index is 5.41. The van der Waals surface area contributed by atoms with E-state index < -0.39 is 0 Å². The minimum Gasteiger partial charge on any atom is -0.338 e. The Morgan fingerprint density at radius 3 is 2.48 bits per heavy atom. The SMILES string of the molecule is CC(C)c1noc([C@@H](C)N(C)Cc2ccc3ccccc3c2)n1. The Kier molecular flexibility index (Phi) is 4.44. The van der Waals surface area contributed by atoms with E-state index in [4.69, 9.17) is 4.52 Å². The molecule has 0 aliphatic rings. The minimum absolute atomic E-state index is 0.0847. The predicted octanol–water partition coefficient (Wildman–Crippen LogP) is 4.54. The molecule has 1 heterocycles. The molecule has 0 spiro atoms. The molecule has 0 amide bonds. The van der Waals surface area contributed by atoms with E-state index in [2.05, 4.69) is 85.3 Å². The van der Waals surface area contributed by atoms with Gasteiger partial charge in [0.25, 0.3) is 0 Å². The van der Waals surface area contributed by atoms with Gasteiger partial charge in [-0.1, -0.05) is 55.4 Å². The maximum Gasteiger partial charge on any atom is 0.243 e. The summed E-state index contributed by atoms with van der Waals surface area (Å²) in [6.45, 7) is 7.07. The van der Waals surface area contributed by atoms with Gasteiger partial charge in [0.1, 0.15) is 0 Å². The monoisotopic (exact) mass is 309 g/mol.